The van der Waals surface area contributed by atoms with Crippen LogP contribution in [0.4, 0.5) is 10.1 Å². The minimum atomic E-state index is -0.477. The van der Waals surface area contributed by atoms with Gasteiger partial charge in [-0.05, 0) is 37.7 Å². The summed E-state index contributed by atoms with van der Waals surface area (Å²) < 4.78 is 13.5. The minimum Gasteiger partial charge on any atom is -0.322 e. The van der Waals surface area contributed by atoms with Gasteiger partial charge in [0.15, 0.2) is 0 Å². The number of hydrogen-bond acceptors (Lipinski definition) is 2. The molecule has 0 heterocycles. The number of rotatable bonds is 7. The number of halogens is 2. The Morgan fingerprint density at radius 1 is 1.42 bits per heavy atom. The molecule has 19 heavy (non-hydrogen) atoms. The zero-order valence-electron chi connectivity index (χ0n) is 11.4. The summed E-state index contributed by atoms with van der Waals surface area (Å²) in [6, 6.07) is 4.11. The first kappa shape index (κ1) is 15.9. The highest BCUT2D eigenvalue weighted by Crippen LogP contribution is 2.19. The number of likely N-dealkylation sites (N-methyl/N-ethyl adjacent to an activating group) is 1. The summed E-state index contributed by atoms with van der Waals surface area (Å²) in [7, 11) is 0. The first-order valence-electron chi connectivity index (χ1n) is 6.54. The maximum Gasteiger partial charge on any atom is 0.238 e. The van der Waals surface area contributed by atoms with Gasteiger partial charge in [-0.2, -0.15) is 0 Å². The van der Waals surface area contributed by atoms with E-state index < -0.39 is 5.82 Å². The standard InChI is InChI=1S/C14H20ClFN2O/c1-3-5-8-18(4-2)10-14(19)17-13-9-11(15)6-7-12(13)16/h6-7,9H,3-5,8,10H2,1-2H3,(H,17,19). The quantitative estimate of drug-likeness (QED) is 0.831. The SMILES string of the molecule is CCCCN(CC)CC(=O)Nc1cc(Cl)ccc1F. The van der Waals surface area contributed by atoms with E-state index in [0.29, 0.717) is 5.02 Å². The van der Waals surface area contributed by atoms with E-state index >= 15 is 0 Å². The van der Waals surface area contributed by atoms with Crippen molar-refractivity contribution in [2.24, 2.45) is 0 Å². The fourth-order valence-electron chi connectivity index (χ4n) is 1.72. The van der Waals surface area contributed by atoms with Crippen molar-refractivity contribution in [3.8, 4) is 0 Å². The molecule has 1 aromatic rings. The van der Waals surface area contributed by atoms with Crippen LogP contribution in [-0.2, 0) is 4.79 Å². The highest BCUT2D eigenvalue weighted by Gasteiger charge is 2.11. The molecule has 1 amide bonds. The van der Waals surface area contributed by atoms with Crippen LogP contribution >= 0.6 is 11.6 Å². The third-order valence-corrected chi connectivity index (χ3v) is 3.08. The number of benzene rings is 1. The van der Waals surface area contributed by atoms with Gasteiger partial charge in [0.2, 0.25) is 5.91 Å². The van der Waals surface area contributed by atoms with Crippen molar-refractivity contribution in [1.82, 2.24) is 4.90 Å². The van der Waals surface area contributed by atoms with Crippen LogP contribution in [0.3, 0.4) is 0 Å². The van der Waals surface area contributed by atoms with Crippen LogP contribution in [0.2, 0.25) is 5.02 Å². The third-order valence-electron chi connectivity index (χ3n) is 2.84. The molecule has 0 spiro atoms. The first-order valence-corrected chi connectivity index (χ1v) is 6.91. The molecule has 3 nitrogen and oxygen atoms in total. The summed E-state index contributed by atoms with van der Waals surface area (Å²) in [5, 5.41) is 2.95. The van der Waals surface area contributed by atoms with Crippen LogP contribution in [0.25, 0.3) is 0 Å². The fourth-order valence-corrected chi connectivity index (χ4v) is 1.89. The first-order chi connectivity index (χ1) is 9.06. The molecule has 0 bridgehead atoms. The van der Waals surface area contributed by atoms with E-state index in [9.17, 15) is 9.18 Å². The molecule has 0 aliphatic carbocycles. The Bertz CT molecular complexity index is 426. The van der Waals surface area contributed by atoms with Crippen molar-refractivity contribution in [3.63, 3.8) is 0 Å². The van der Waals surface area contributed by atoms with Gasteiger partial charge in [-0.3, -0.25) is 9.69 Å². The molecule has 0 saturated carbocycles. The average Bonchev–Trinajstić information content (AvgIpc) is 2.38. The Morgan fingerprint density at radius 3 is 2.79 bits per heavy atom. The molecular weight excluding hydrogens is 267 g/mol. The van der Waals surface area contributed by atoms with Crippen molar-refractivity contribution >= 4 is 23.2 Å². The highest BCUT2D eigenvalue weighted by molar-refractivity contribution is 6.30. The molecule has 0 saturated heterocycles. The Hall–Kier alpha value is -1.13. The summed E-state index contributed by atoms with van der Waals surface area (Å²) in [4.78, 5) is 13.9. The summed E-state index contributed by atoms with van der Waals surface area (Å²) in [6.07, 6.45) is 2.13. The molecule has 0 fully saturated rings. The Balaban J connectivity index is 2.56. The predicted octanol–water partition coefficient (Wildman–Crippen LogP) is 3.54. The summed E-state index contributed by atoms with van der Waals surface area (Å²) in [6.45, 7) is 6.05. The number of nitrogens with one attached hydrogen (secondary N) is 1. The Labute approximate surface area is 118 Å². The number of hydrogen-bond donors (Lipinski definition) is 1. The molecule has 0 aliphatic heterocycles. The lowest BCUT2D eigenvalue weighted by Crippen LogP contribution is -2.34. The second kappa shape index (κ2) is 8.12. The minimum absolute atomic E-state index is 0.129. The molecule has 0 aromatic heterocycles. The van der Waals surface area contributed by atoms with E-state index in [1.165, 1.54) is 18.2 Å². The van der Waals surface area contributed by atoms with Crippen LogP contribution < -0.4 is 5.32 Å². The summed E-state index contributed by atoms with van der Waals surface area (Å²) >= 11 is 5.77. The second-order valence-electron chi connectivity index (χ2n) is 4.39. The van der Waals surface area contributed by atoms with Crippen LogP contribution in [0.5, 0.6) is 0 Å². The lowest BCUT2D eigenvalue weighted by molar-refractivity contribution is -0.117. The molecule has 0 unspecified atom stereocenters. The number of unbranched alkanes of at least 4 members (excludes halogenated alkanes) is 1. The topological polar surface area (TPSA) is 32.3 Å². The predicted molar refractivity (Wildman–Crippen MR) is 77.1 cm³/mol. The molecule has 0 atom stereocenters. The smallest absolute Gasteiger partial charge is 0.238 e. The number of nitrogens with zero attached hydrogens (tertiary/aromatic N) is 1. The number of anilines is 1. The van der Waals surface area contributed by atoms with Gasteiger partial charge < -0.3 is 5.32 Å². The number of amides is 1. The average molecular weight is 287 g/mol. The Morgan fingerprint density at radius 2 is 2.16 bits per heavy atom. The van der Waals surface area contributed by atoms with Crippen molar-refractivity contribution in [3.05, 3.63) is 29.0 Å². The molecule has 1 rings (SSSR count). The third kappa shape index (κ3) is 5.57. The zero-order valence-corrected chi connectivity index (χ0v) is 12.1. The van der Waals surface area contributed by atoms with E-state index in [4.69, 9.17) is 11.6 Å². The summed E-state index contributed by atoms with van der Waals surface area (Å²) in [5.74, 6) is -0.700. The fraction of sp³-hybridized carbons (Fsp3) is 0.500. The van der Waals surface area contributed by atoms with Gasteiger partial charge in [-0.1, -0.05) is 31.9 Å². The summed E-state index contributed by atoms with van der Waals surface area (Å²) in [5.41, 5.74) is 0.129. The molecular formula is C14H20ClFN2O. The molecule has 0 radical (unpaired) electrons. The van der Waals surface area contributed by atoms with Crippen molar-refractivity contribution in [2.75, 3.05) is 25.0 Å². The van der Waals surface area contributed by atoms with Crippen LogP contribution in [0.1, 0.15) is 26.7 Å². The van der Waals surface area contributed by atoms with Gasteiger partial charge >= 0.3 is 0 Å². The van der Waals surface area contributed by atoms with Gasteiger partial charge in [0, 0.05) is 5.02 Å². The van der Waals surface area contributed by atoms with E-state index in [-0.39, 0.29) is 18.1 Å². The molecule has 0 aliphatic rings. The van der Waals surface area contributed by atoms with E-state index in [2.05, 4.69) is 12.2 Å². The van der Waals surface area contributed by atoms with E-state index in [1.54, 1.807) is 0 Å². The largest absolute Gasteiger partial charge is 0.322 e. The monoisotopic (exact) mass is 286 g/mol. The zero-order chi connectivity index (χ0) is 14.3. The lowest BCUT2D eigenvalue weighted by atomic mass is 10.3. The molecule has 1 N–H and O–H groups in total. The molecule has 5 heteroatoms. The second-order valence-corrected chi connectivity index (χ2v) is 4.83. The van der Waals surface area contributed by atoms with Gasteiger partial charge in [-0.15, -0.1) is 0 Å². The molecule has 1 aromatic carbocycles. The number of carbonyl (C=O) groups excluding carboxylic acids is 1. The normalized spacial score (nSPS) is 10.8. The van der Waals surface area contributed by atoms with E-state index in [0.717, 1.165) is 25.9 Å². The van der Waals surface area contributed by atoms with Gasteiger partial charge in [0.1, 0.15) is 5.82 Å². The maximum atomic E-state index is 13.5. The van der Waals surface area contributed by atoms with Crippen molar-refractivity contribution in [2.45, 2.75) is 26.7 Å². The van der Waals surface area contributed by atoms with Crippen molar-refractivity contribution in [1.29, 1.82) is 0 Å². The lowest BCUT2D eigenvalue weighted by Gasteiger charge is -2.19. The molecule has 106 valence electrons. The Kier molecular flexibility index (Phi) is 6.81. The van der Waals surface area contributed by atoms with Crippen LogP contribution in [-0.4, -0.2) is 30.4 Å². The van der Waals surface area contributed by atoms with Crippen molar-refractivity contribution < 1.29 is 9.18 Å². The number of carbonyl (C=O) groups is 1. The van der Waals surface area contributed by atoms with Gasteiger partial charge in [-0.25, -0.2) is 4.39 Å². The van der Waals surface area contributed by atoms with E-state index in [1.807, 2.05) is 11.8 Å². The highest BCUT2D eigenvalue weighted by atomic mass is 35.5. The maximum absolute atomic E-state index is 13.5. The van der Waals surface area contributed by atoms with Crippen LogP contribution in [0.15, 0.2) is 18.2 Å². The van der Waals surface area contributed by atoms with Crippen LogP contribution in [0, 0.1) is 5.82 Å². The van der Waals surface area contributed by atoms with Gasteiger partial charge in [0.25, 0.3) is 0 Å². The van der Waals surface area contributed by atoms with Gasteiger partial charge in [0.05, 0.1) is 12.2 Å².